The van der Waals surface area contributed by atoms with Gasteiger partial charge in [-0.2, -0.15) is 0 Å². The third-order valence-corrected chi connectivity index (χ3v) is 3.88. The molecule has 0 fully saturated rings. The Morgan fingerprint density at radius 3 is 2.57 bits per heavy atom. The first-order valence-corrected chi connectivity index (χ1v) is 7.52. The van der Waals surface area contributed by atoms with Crippen molar-refractivity contribution in [2.75, 3.05) is 7.11 Å². The van der Waals surface area contributed by atoms with Crippen LogP contribution in [0.15, 0.2) is 42.6 Å². The third-order valence-electron chi connectivity index (χ3n) is 3.88. The van der Waals surface area contributed by atoms with E-state index in [-0.39, 0.29) is 5.75 Å². The van der Waals surface area contributed by atoms with Crippen LogP contribution in [0, 0.1) is 6.92 Å². The SMILES string of the molecule is CCc1cc(-n2nncc2-c2ccc(C)cc2)c(O)cc1OC. The summed E-state index contributed by atoms with van der Waals surface area (Å²) >= 11 is 0. The number of phenols is 1. The van der Waals surface area contributed by atoms with E-state index in [2.05, 4.69) is 10.3 Å². The number of aryl methyl sites for hydroxylation is 2. The molecule has 23 heavy (non-hydrogen) atoms. The van der Waals surface area contributed by atoms with E-state index in [1.54, 1.807) is 24.1 Å². The Morgan fingerprint density at radius 1 is 1.17 bits per heavy atom. The normalized spacial score (nSPS) is 10.7. The Balaban J connectivity index is 2.13. The Kier molecular flexibility index (Phi) is 4.02. The fourth-order valence-corrected chi connectivity index (χ4v) is 2.57. The second-order valence-electron chi connectivity index (χ2n) is 5.40. The number of aromatic hydroxyl groups is 1. The molecule has 0 unspecified atom stereocenters. The lowest BCUT2D eigenvalue weighted by atomic mass is 10.1. The molecular formula is C18H19N3O2. The van der Waals surface area contributed by atoms with Gasteiger partial charge in [0.2, 0.25) is 0 Å². The predicted molar refractivity (Wildman–Crippen MR) is 89.1 cm³/mol. The van der Waals surface area contributed by atoms with Gasteiger partial charge in [-0.1, -0.05) is 42.0 Å². The van der Waals surface area contributed by atoms with Crippen LogP contribution in [0.4, 0.5) is 0 Å². The molecule has 0 amide bonds. The number of rotatable bonds is 4. The third kappa shape index (κ3) is 2.77. The number of hydrogen-bond acceptors (Lipinski definition) is 4. The van der Waals surface area contributed by atoms with Crippen LogP contribution in [0.3, 0.4) is 0 Å². The lowest BCUT2D eigenvalue weighted by Crippen LogP contribution is -2.02. The zero-order chi connectivity index (χ0) is 16.4. The largest absolute Gasteiger partial charge is 0.506 e. The first kappa shape index (κ1) is 15.1. The molecule has 5 nitrogen and oxygen atoms in total. The number of benzene rings is 2. The molecule has 0 aliphatic heterocycles. The average molecular weight is 309 g/mol. The maximum atomic E-state index is 10.4. The van der Waals surface area contributed by atoms with Crippen LogP contribution in [0.5, 0.6) is 11.5 Å². The van der Waals surface area contributed by atoms with Crippen molar-refractivity contribution in [2.45, 2.75) is 20.3 Å². The fraction of sp³-hybridized carbons (Fsp3) is 0.222. The van der Waals surface area contributed by atoms with Gasteiger partial charge < -0.3 is 9.84 Å². The van der Waals surface area contributed by atoms with E-state index in [9.17, 15) is 5.11 Å². The number of hydrogen-bond donors (Lipinski definition) is 1. The Hall–Kier alpha value is -2.82. The van der Waals surface area contributed by atoms with E-state index >= 15 is 0 Å². The number of nitrogens with zero attached hydrogens (tertiary/aromatic N) is 3. The van der Waals surface area contributed by atoms with Crippen LogP contribution < -0.4 is 4.74 Å². The van der Waals surface area contributed by atoms with Gasteiger partial charge in [-0.25, -0.2) is 4.68 Å². The zero-order valence-corrected chi connectivity index (χ0v) is 13.4. The van der Waals surface area contributed by atoms with Crippen LogP contribution in [0.2, 0.25) is 0 Å². The van der Waals surface area contributed by atoms with E-state index < -0.39 is 0 Å². The molecule has 118 valence electrons. The van der Waals surface area contributed by atoms with Crippen LogP contribution in [-0.2, 0) is 6.42 Å². The molecule has 3 rings (SSSR count). The van der Waals surface area contributed by atoms with Gasteiger partial charge in [-0.15, -0.1) is 5.10 Å². The van der Waals surface area contributed by atoms with E-state index in [1.165, 1.54) is 5.56 Å². The summed E-state index contributed by atoms with van der Waals surface area (Å²) in [7, 11) is 1.60. The van der Waals surface area contributed by atoms with Gasteiger partial charge in [0.05, 0.1) is 19.0 Å². The quantitative estimate of drug-likeness (QED) is 0.801. The summed E-state index contributed by atoms with van der Waals surface area (Å²) in [6.45, 7) is 4.09. The summed E-state index contributed by atoms with van der Waals surface area (Å²) in [5.74, 6) is 0.781. The first-order chi connectivity index (χ1) is 11.1. The molecule has 2 aromatic carbocycles. The summed E-state index contributed by atoms with van der Waals surface area (Å²) in [6.07, 6.45) is 2.49. The molecule has 0 bridgehead atoms. The van der Waals surface area contributed by atoms with Crippen molar-refractivity contribution in [1.29, 1.82) is 0 Å². The van der Waals surface area contributed by atoms with Crippen molar-refractivity contribution in [2.24, 2.45) is 0 Å². The number of aromatic nitrogens is 3. The highest BCUT2D eigenvalue weighted by Crippen LogP contribution is 2.33. The Morgan fingerprint density at radius 2 is 1.91 bits per heavy atom. The van der Waals surface area contributed by atoms with Gasteiger partial charge in [-0.3, -0.25) is 0 Å². The summed E-state index contributed by atoms with van der Waals surface area (Å²) in [4.78, 5) is 0. The lowest BCUT2D eigenvalue weighted by Gasteiger charge is -2.13. The summed E-state index contributed by atoms with van der Waals surface area (Å²) in [5.41, 5.74) is 4.61. The van der Waals surface area contributed by atoms with Crippen molar-refractivity contribution in [3.8, 4) is 28.4 Å². The molecule has 0 spiro atoms. The second-order valence-corrected chi connectivity index (χ2v) is 5.40. The number of phenolic OH excluding ortho intramolecular Hbond substituents is 1. The summed E-state index contributed by atoms with van der Waals surface area (Å²) < 4.78 is 6.96. The lowest BCUT2D eigenvalue weighted by molar-refractivity contribution is 0.402. The van der Waals surface area contributed by atoms with Gasteiger partial charge in [0.25, 0.3) is 0 Å². The van der Waals surface area contributed by atoms with E-state index in [0.717, 1.165) is 23.2 Å². The highest BCUT2D eigenvalue weighted by molar-refractivity contribution is 5.64. The molecule has 1 N–H and O–H groups in total. The zero-order valence-electron chi connectivity index (χ0n) is 13.4. The smallest absolute Gasteiger partial charge is 0.145 e. The first-order valence-electron chi connectivity index (χ1n) is 7.52. The van der Waals surface area contributed by atoms with Crippen LogP contribution in [0.1, 0.15) is 18.1 Å². The molecule has 0 atom stereocenters. The minimum Gasteiger partial charge on any atom is -0.506 e. The highest BCUT2D eigenvalue weighted by Gasteiger charge is 2.15. The standard InChI is InChI=1S/C18H19N3O2/c1-4-13-9-15(17(22)10-18(13)23-3)21-16(11-19-20-21)14-7-5-12(2)6-8-14/h5-11,22H,4H2,1-3H3. The second kappa shape index (κ2) is 6.12. The number of methoxy groups -OCH3 is 1. The van der Waals surface area contributed by atoms with Crippen LogP contribution in [0.25, 0.3) is 16.9 Å². The molecule has 5 heteroatoms. The van der Waals surface area contributed by atoms with Crippen LogP contribution >= 0.6 is 0 Å². The van der Waals surface area contributed by atoms with E-state index in [1.807, 2.05) is 44.2 Å². The van der Waals surface area contributed by atoms with Gasteiger partial charge in [0, 0.05) is 11.6 Å². The predicted octanol–water partition coefficient (Wildman–Crippen LogP) is 3.52. The molecule has 0 aliphatic rings. The minimum atomic E-state index is 0.109. The van der Waals surface area contributed by atoms with E-state index in [0.29, 0.717) is 11.4 Å². The minimum absolute atomic E-state index is 0.109. The summed E-state index contributed by atoms with van der Waals surface area (Å²) in [5, 5.41) is 18.5. The molecular weight excluding hydrogens is 290 g/mol. The maximum absolute atomic E-state index is 10.4. The monoisotopic (exact) mass is 309 g/mol. The number of ether oxygens (including phenoxy) is 1. The van der Waals surface area contributed by atoms with Gasteiger partial charge in [-0.05, 0) is 25.0 Å². The van der Waals surface area contributed by atoms with Gasteiger partial charge >= 0.3 is 0 Å². The Bertz CT molecular complexity index is 823. The van der Waals surface area contributed by atoms with Crippen molar-refractivity contribution >= 4 is 0 Å². The molecule has 0 saturated heterocycles. The average Bonchev–Trinajstić information content (AvgIpc) is 3.04. The van der Waals surface area contributed by atoms with Crippen molar-refractivity contribution in [3.05, 3.63) is 53.7 Å². The highest BCUT2D eigenvalue weighted by atomic mass is 16.5. The molecule has 3 aromatic rings. The molecule has 1 aromatic heterocycles. The van der Waals surface area contributed by atoms with Gasteiger partial charge in [0.1, 0.15) is 17.2 Å². The summed E-state index contributed by atoms with van der Waals surface area (Å²) in [6, 6.07) is 11.6. The Labute approximate surface area is 135 Å². The molecule has 0 aliphatic carbocycles. The van der Waals surface area contributed by atoms with E-state index in [4.69, 9.17) is 4.74 Å². The fourth-order valence-electron chi connectivity index (χ4n) is 2.57. The topological polar surface area (TPSA) is 60.2 Å². The molecule has 0 saturated carbocycles. The molecule has 1 heterocycles. The molecule has 0 radical (unpaired) electrons. The van der Waals surface area contributed by atoms with Crippen molar-refractivity contribution in [3.63, 3.8) is 0 Å². The maximum Gasteiger partial charge on any atom is 0.145 e. The van der Waals surface area contributed by atoms with Crippen molar-refractivity contribution < 1.29 is 9.84 Å². The van der Waals surface area contributed by atoms with Gasteiger partial charge in [0.15, 0.2) is 0 Å². The van der Waals surface area contributed by atoms with Crippen LogP contribution in [-0.4, -0.2) is 27.2 Å². The van der Waals surface area contributed by atoms with Crippen molar-refractivity contribution in [1.82, 2.24) is 15.0 Å².